The smallest absolute Gasteiger partial charge is 0.107 e. The Labute approximate surface area is 108 Å². The maximum atomic E-state index is 5.87. The average Bonchev–Trinajstić information content (AvgIpc) is 2.57. The molecule has 0 atom stereocenters. The SMILES string of the molecule is CCn1nc(-c2ccc(Cl)cc2)c(Br)c1C. The zero-order chi connectivity index (χ0) is 11.7. The van der Waals surface area contributed by atoms with Gasteiger partial charge in [0.15, 0.2) is 0 Å². The number of aromatic nitrogens is 2. The molecule has 0 spiro atoms. The molecule has 0 bridgehead atoms. The van der Waals surface area contributed by atoms with E-state index in [9.17, 15) is 0 Å². The third kappa shape index (κ3) is 2.02. The molecule has 0 radical (unpaired) electrons. The maximum Gasteiger partial charge on any atom is 0.107 e. The number of hydrogen-bond donors (Lipinski definition) is 0. The van der Waals surface area contributed by atoms with Crippen molar-refractivity contribution < 1.29 is 0 Å². The van der Waals surface area contributed by atoms with Crippen molar-refractivity contribution >= 4 is 27.5 Å². The molecule has 0 aliphatic carbocycles. The summed E-state index contributed by atoms with van der Waals surface area (Å²) in [5, 5.41) is 5.30. The van der Waals surface area contributed by atoms with Crippen LogP contribution in [0.5, 0.6) is 0 Å². The van der Waals surface area contributed by atoms with E-state index in [2.05, 4.69) is 34.9 Å². The molecule has 0 saturated carbocycles. The summed E-state index contributed by atoms with van der Waals surface area (Å²) in [4.78, 5) is 0. The molecule has 1 aromatic carbocycles. The average molecular weight is 300 g/mol. The summed E-state index contributed by atoms with van der Waals surface area (Å²) >= 11 is 9.45. The number of rotatable bonds is 2. The Morgan fingerprint density at radius 2 is 1.94 bits per heavy atom. The van der Waals surface area contributed by atoms with Crippen LogP contribution in [0.1, 0.15) is 12.6 Å². The molecule has 1 aromatic heterocycles. The molecule has 0 fully saturated rings. The van der Waals surface area contributed by atoms with Gasteiger partial charge in [-0.25, -0.2) is 0 Å². The van der Waals surface area contributed by atoms with Crippen LogP contribution in [0.15, 0.2) is 28.7 Å². The van der Waals surface area contributed by atoms with Gasteiger partial charge in [0, 0.05) is 17.1 Å². The summed E-state index contributed by atoms with van der Waals surface area (Å²) in [5.74, 6) is 0. The molecule has 16 heavy (non-hydrogen) atoms. The van der Waals surface area contributed by atoms with Crippen molar-refractivity contribution in [3.63, 3.8) is 0 Å². The molecule has 0 amide bonds. The first kappa shape index (κ1) is 11.7. The van der Waals surface area contributed by atoms with Crippen LogP contribution >= 0.6 is 27.5 Å². The summed E-state index contributed by atoms with van der Waals surface area (Å²) < 4.78 is 3.03. The first-order chi connectivity index (χ1) is 7.63. The van der Waals surface area contributed by atoms with Crippen LogP contribution in [0.4, 0.5) is 0 Å². The van der Waals surface area contributed by atoms with Crippen LogP contribution in [-0.2, 0) is 6.54 Å². The van der Waals surface area contributed by atoms with Crippen LogP contribution in [0.3, 0.4) is 0 Å². The Morgan fingerprint density at radius 3 is 2.44 bits per heavy atom. The van der Waals surface area contributed by atoms with Crippen molar-refractivity contribution in [1.29, 1.82) is 0 Å². The monoisotopic (exact) mass is 298 g/mol. The normalized spacial score (nSPS) is 10.8. The topological polar surface area (TPSA) is 17.8 Å². The molecule has 0 aliphatic heterocycles. The lowest BCUT2D eigenvalue weighted by atomic mass is 10.1. The second-order valence-corrected chi connectivity index (χ2v) is 4.80. The molecule has 0 unspecified atom stereocenters. The van der Waals surface area contributed by atoms with Gasteiger partial charge in [-0.1, -0.05) is 23.7 Å². The Hall–Kier alpha value is -0.800. The Balaban J connectivity index is 2.52. The van der Waals surface area contributed by atoms with Gasteiger partial charge in [-0.15, -0.1) is 0 Å². The van der Waals surface area contributed by atoms with E-state index in [0.717, 1.165) is 33.0 Å². The zero-order valence-corrected chi connectivity index (χ0v) is 11.5. The van der Waals surface area contributed by atoms with Crippen molar-refractivity contribution in [3.8, 4) is 11.3 Å². The van der Waals surface area contributed by atoms with E-state index in [1.807, 2.05) is 28.9 Å². The quantitative estimate of drug-likeness (QED) is 0.808. The predicted octanol–water partition coefficient (Wildman–Crippen LogP) is 4.29. The van der Waals surface area contributed by atoms with Gasteiger partial charge in [0.2, 0.25) is 0 Å². The summed E-state index contributed by atoms with van der Waals surface area (Å²) in [5.41, 5.74) is 3.19. The minimum absolute atomic E-state index is 0.742. The predicted molar refractivity (Wildman–Crippen MR) is 70.8 cm³/mol. The number of benzene rings is 1. The van der Waals surface area contributed by atoms with E-state index >= 15 is 0 Å². The number of hydrogen-bond acceptors (Lipinski definition) is 1. The fraction of sp³-hybridized carbons (Fsp3) is 0.250. The molecule has 4 heteroatoms. The van der Waals surface area contributed by atoms with Crippen LogP contribution < -0.4 is 0 Å². The van der Waals surface area contributed by atoms with Crippen LogP contribution in [0, 0.1) is 6.92 Å². The van der Waals surface area contributed by atoms with Gasteiger partial charge in [0.05, 0.1) is 10.2 Å². The number of aryl methyl sites for hydroxylation is 1. The van der Waals surface area contributed by atoms with Gasteiger partial charge >= 0.3 is 0 Å². The highest BCUT2D eigenvalue weighted by molar-refractivity contribution is 9.10. The van der Waals surface area contributed by atoms with E-state index in [-0.39, 0.29) is 0 Å². The third-order valence-electron chi connectivity index (χ3n) is 2.55. The maximum absolute atomic E-state index is 5.87. The second kappa shape index (κ2) is 4.60. The number of halogens is 2. The minimum Gasteiger partial charge on any atom is -0.268 e. The van der Waals surface area contributed by atoms with Crippen molar-refractivity contribution in [1.82, 2.24) is 9.78 Å². The van der Waals surface area contributed by atoms with Gasteiger partial charge in [0.1, 0.15) is 5.69 Å². The molecular formula is C12H12BrClN2. The highest BCUT2D eigenvalue weighted by Gasteiger charge is 2.12. The molecule has 2 aromatic rings. The molecule has 2 nitrogen and oxygen atoms in total. The van der Waals surface area contributed by atoms with Crippen LogP contribution in [0.25, 0.3) is 11.3 Å². The fourth-order valence-corrected chi connectivity index (χ4v) is 2.26. The van der Waals surface area contributed by atoms with Gasteiger partial charge < -0.3 is 0 Å². The second-order valence-electron chi connectivity index (χ2n) is 3.57. The van der Waals surface area contributed by atoms with Crippen molar-refractivity contribution in [2.75, 3.05) is 0 Å². The Morgan fingerprint density at radius 1 is 1.31 bits per heavy atom. The molecule has 0 aliphatic rings. The fourth-order valence-electron chi connectivity index (χ4n) is 1.62. The zero-order valence-electron chi connectivity index (χ0n) is 9.17. The molecule has 2 rings (SSSR count). The highest BCUT2D eigenvalue weighted by Crippen LogP contribution is 2.30. The van der Waals surface area contributed by atoms with Gasteiger partial charge in [-0.3, -0.25) is 4.68 Å². The lowest BCUT2D eigenvalue weighted by Crippen LogP contribution is -1.98. The van der Waals surface area contributed by atoms with Gasteiger partial charge in [-0.2, -0.15) is 5.10 Å². The molecule has 0 saturated heterocycles. The van der Waals surface area contributed by atoms with Crippen molar-refractivity contribution in [2.45, 2.75) is 20.4 Å². The minimum atomic E-state index is 0.742. The molecular weight excluding hydrogens is 288 g/mol. The summed E-state index contributed by atoms with van der Waals surface area (Å²) in [6, 6.07) is 7.72. The van der Waals surface area contributed by atoms with Crippen LogP contribution in [0.2, 0.25) is 5.02 Å². The van der Waals surface area contributed by atoms with E-state index in [1.54, 1.807) is 0 Å². The third-order valence-corrected chi connectivity index (χ3v) is 3.75. The van der Waals surface area contributed by atoms with Gasteiger partial charge in [0.25, 0.3) is 0 Å². The summed E-state index contributed by atoms with van der Waals surface area (Å²) in [6.45, 7) is 5.01. The molecule has 0 N–H and O–H groups in total. The summed E-state index contributed by atoms with van der Waals surface area (Å²) in [7, 11) is 0. The van der Waals surface area contributed by atoms with E-state index < -0.39 is 0 Å². The number of nitrogens with zero attached hydrogens (tertiary/aromatic N) is 2. The van der Waals surface area contributed by atoms with Gasteiger partial charge in [-0.05, 0) is 41.9 Å². The Kier molecular flexibility index (Phi) is 3.36. The lowest BCUT2D eigenvalue weighted by molar-refractivity contribution is 0.641. The summed E-state index contributed by atoms with van der Waals surface area (Å²) in [6.07, 6.45) is 0. The van der Waals surface area contributed by atoms with Crippen molar-refractivity contribution in [2.24, 2.45) is 0 Å². The van der Waals surface area contributed by atoms with Crippen molar-refractivity contribution in [3.05, 3.63) is 39.5 Å². The molecule has 1 heterocycles. The van der Waals surface area contributed by atoms with E-state index in [4.69, 9.17) is 11.6 Å². The molecule has 84 valence electrons. The largest absolute Gasteiger partial charge is 0.268 e. The van der Waals surface area contributed by atoms with E-state index in [0.29, 0.717) is 0 Å². The standard InChI is InChI=1S/C12H12BrClN2/c1-3-16-8(2)11(13)12(15-16)9-4-6-10(14)7-5-9/h4-7H,3H2,1-2H3. The first-order valence-electron chi connectivity index (χ1n) is 5.12. The Bertz CT molecular complexity index is 502. The van der Waals surface area contributed by atoms with E-state index in [1.165, 1.54) is 0 Å². The lowest BCUT2D eigenvalue weighted by Gasteiger charge is -1.97. The first-order valence-corrected chi connectivity index (χ1v) is 6.29. The highest BCUT2D eigenvalue weighted by atomic mass is 79.9. The van der Waals surface area contributed by atoms with Crippen LogP contribution in [-0.4, -0.2) is 9.78 Å².